The van der Waals surface area contributed by atoms with E-state index in [-0.39, 0.29) is 11.6 Å². The van der Waals surface area contributed by atoms with E-state index in [1.807, 2.05) is 33.8 Å². The van der Waals surface area contributed by atoms with E-state index in [4.69, 9.17) is 4.74 Å². The van der Waals surface area contributed by atoms with Gasteiger partial charge in [-0.1, -0.05) is 0 Å². The summed E-state index contributed by atoms with van der Waals surface area (Å²) < 4.78 is 5.46. The fourth-order valence-electron chi connectivity index (χ4n) is 2.60. The van der Waals surface area contributed by atoms with E-state index in [1.54, 1.807) is 4.90 Å². The molecule has 0 atom stereocenters. The number of aromatic amines is 1. The molecule has 2 heterocycles. The number of aromatic nitrogens is 2. The summed E-state index contributed by atoms with van der Waals surface area (Å²) >= 11 is 0. The third-order valence-electron chi connectivity index (χ3n) is 3.52. The van der Waals surface area contributed by atoms with E-state index in [0.29, 0.717) is 13.1 Å². The first-order chi connectivity index (χ1) is 9.58. The number of hydrogen-bond donors (Lipinski definition) is 1. The van der Waals surface area contributed by atoms with Gasteiger partial charge in [0.2, 0.25) is 0 Å². The number of aryl methyl sites for hydroxylation is 1. The van der Waals surface area contributed by atoms with Crippen LogP contribution < -0.4 is 4.90 Å². The monoisotopic (exact) mass is 294 g/mol. The lowest BCUT2D eigenvalue weighted by atomic mass is 9.99. The van der Waals surface area contributed by atoms with Crippen molar-refractivity contribution in [2.45, 2.75) is 52.7 Å². The standard InChI is InChI=1S/C15H26N4O2/c1-11-9-12(17-16-11)19-8-7-18(10-15(19,5)6)13(20)21-14(2,3)4/h9H,7-8,10H2,1-6H3,(H,16,17). The van der Waals surface area contributed by atoms with E-state index < -0.39 is 5.60 Å². The molecule has 0 unspecified atom stereocenters. The predicted octanol–water partition coefficient (Wildman–Crippen LogP) is 2.55. The molecule has 1 amide bonds. The molecular formula is C15H26N4O2. The molecule has 0 saturated carbocycles. The van der Waals surface area contributed by atoms with Gasteiger partial charge in [0.05, 0.1) is 5.54 Å². The number of H-pyrrole nitrogens is 1. The lowest BCUT2D eigenvalue weighted by Gasteiger charge is -2.47. The van der Waals surface area contributed by atoms with Gasteiger partial charge in [-0.2, -0.15) is 5.10 Å². The van der Waals surface area contributed by atoms with Gasteiger partial charge < -0.3 is 14.5 Å². The molecule has 1 N–H and O–H groups in total. The SMILES string of the molecule is Cc1cc(N2CCN(C(=O)OC(C)(C)C)CC2(C)C)n[nH]1. The second kappa shape index (κ2) is 5.24. The molecule has 1 saturated heterocycles. The summed E-state index contributed by atoms with van der Waals surface area (Å²) in [7, 11) is 0. The zero-order chi connectivity index (χ0) is 15.8. The van der Waals surface area contributed by atoms with E-state index >= 15 is 0 Å². The van der Waals surface area contributed by atoms with Crippen molar-refractivity contribution < 1.29 is 9.53 Å². The summed E-state index contributed by atoms with van der Waals surface area (Å²) in [5.74, 6) is 0.932. The first kappa shape index (κ1) is 15.7. The van der Waals surface area contributed by atoms with E-state index in [2.05, 4.69) is 28.9 Å². The molecule has 1 fully saturated rings. The van der Waals surface area contributed by atoms with Crippen molar-refractivity contribution in [3.8, 4) is 0 Å². The molecule has 6 heteroatoms. The smallest absolute Gasteiger partial charge is 0.410 e. The second-order valence-corrected chi connectivity index (χ2v) is 7.28. The Labute approximate surface area is 126 Å². The van der Waals surface area contributed by atoms with Crippen molar-refractivity contribution >= 4 is 11.9 Å². The zero-order valence-corrected chi connectivity index (χ0v) is 13.9. The van der Waals surface area contributed by atoms with Crippen LogP contribution in [0.25, 0.3) is 0 Å². The van der Waals surface area contributed by atoms with Crippen molar-refractivity contribution in [3.63, 3.8) is 0 Å². The van der Waals surface area contributed by atoms with Crippen LogP contribution in [0.15, 0.2) is 6.07 Å². The number of amides is 1. The summed E-state index contributed by atoms with van der Waals surface area (Å²) in [4.78, 5) is 16.2. The third-order valence-corrected chi connectivity index (χ3v) is 3.52. The van der Waals surface area contributed by atoms with Crippen LogP contribution in [0.1, 0.15) is 40.3 Å². The van der Waals surface area contributed by atoms with Crippen molar-refractivity contribution in [3.05, 3.63) is 11.8 Å². The first-order valence-corrected chi connectivity index (χ1v) is 7.36. The summed E-state index contributed by atoms with van der Waals surface area (Å²) in [6, 6.07) is 2.03. The normalized spacial score (nSPS) is 18.8. The molecular weight excluding hydrogens is 268 g/mol. The van der Waals surface area contributed by atoms with Crippen molar-refractivity contribution in [2.24, 2.45) is 0 Å². The lowest BCUT2D eigenvalue weighted by molar-refractivity contribution is 0.0179. The quantitative estimate of drug-likeness (QED) is 0.864. The number of anilines is 1. The largest absolute Gasteiger partial charge is 0.444 e. The Hall–Kier alpha value is -1.72. The fourth-order valence-corrected chi connectivity index (χ4v) is 2.60. The Kier molecular flexibility index (Phi) is 3.91. The number of ether oxygens (including phenoxy) is 1. The van der Waals surface area contributed by atoms with E-state index in [1.165, 1.54) is 0 Å². The molecule has 0 aromatic carbocycles. The van der Waals surface area contributed by atoms with Crippen molar-refractivity contribution in [1.29, 1.82) is 0 Å². The van der Waals surface area contributed by atoms with Crippen LogP contribution in [0.3, 0.4) is 0 Å². The number of rotatable bonds is 1. The number of carbonyl (C=O) groups excluding carboxylic acids is 1. The van der Waals surface area contributed by atoms with Gasteiger partial charge >= 0.3 is 6.09 Å². The maximum absolute atomic E-state index is 12.2. The minimum atomic E-state index is -0.461. The van der Waals surface area contributed by atoms with Crippen molar-refractivity contribution in [1.82, 2.24) is 15.1 Å². The molecule has 2 rings (SSSR count). The predicted molar refractivity (Wildman–Crippen MR) is 82.6 cm³/mol. The highest BCUT2D eigenvalue weighted by Gasteiger charge is 2.38. The van der Waals surface area contributed by atoms with Crippen LogP contribution >= 0.6 is 0 Å². The summed E-state index contributed by atoms with van der Waals surface area (Å²) in [6.45, 7) is 13.9. The number of nitrogens with one attached hydrogen (secondary N) is 1. The molecule has 0 aliphatic carbocycles. The number of piperazine rings is 1. The molecule has 21 heavy (non-hydrogen) atoms. The highest BCUT2D eigenvalue weighted by atomic mass is 16.6. The fraction of sp³-hybridized carbons (Fsp3) is 0.733. The second-order valence-electron chi connectivity index (χ2n) is 7.28. The van der Waals surface area contributed by atoms with Gasteiger partial charge in [-0.15, -0.1) is 0 Å². The third kappa shape index (κ3) is 3.68. The Bertz CT molecular complexity index is 516. The summed E-state index contributed by atoms with van der Waals surface area (Å²) in [5.41, 5.74) is 0.393. The minimum Gasteiger partial charge on any atom is -0.444 e. The molecule has 0 radical (unpaired) electrons. The van der Waals surface area contributed by atoms with Gasteiger partial charge in [0.25, 0.3) is 0 Å². The molecule has 118 valence electrons. The summed E-state index contributed by atoms with van der Waals surface area (Å²) in [5, 5.41) is 7.30. The van der Waals surface area contributed by atoms with Crippen LogP contribution in [-0.2, 0) is 4.74 Å². The summed E-state index contributed by atoms with van der Waals surface area (Å²) in [6.07, 6.45) is -0.242. The van der Waals surface area contributed by atoms with Crippen LogP contribution in [0.2, 0.25) is 0 Å². The molecule has 1 aromatic rings. The van der Waals surface area contributed by atoms with Gasteiger partial charge in [0.1, 0.15) is 5.60 Å². The van der Waals surface area contributed by atoms with Crippen LogP contribution in [-0.4, -0.2) is 52.0 Å². The number of nitrogens with zero attached hydrogens (tertiary/aromatic N) is 3. The molecule has 0 spiro atoms. The van der Waals surface area contributed by atoms with Gasteiger partial charge in [-0.05, 0) is 41.5 Å². The molecule has 6 nitrogen and oxygen atoms in total. The van der Waals surface area contributed by atoms with Crippen molar-refractivity contribution in [2.75, 3.05) is 24.5 Å². The Morgan fingerprint density at radius 1 is 1.38 bits per heavy atom. The topological polar surface area (TPSA) is 61.5 Å². The maximum Gasteiger partial charge on any atom is 0.410 e. The molecule has 1 aromatic heterocycles. The minimum absolute atomic E-state index is 0.184. The lowest BCUT2D eigenvalue weighted by Crippen LogP contribution is -2.61. The Balaban J connectivity index is 2.07. The van der Waals surface area contributed by atoms with Gasteiger partial charge in [0.15, 0.2) is 5.82 Å². The molecule has 1 aliphatic heterocycles. The first-order valence-electron chi connectivity index (χ1n) is 7.36. The maximum atomic E-state index is 12.2. The highest BCUT2D eigenvalue weighted by molar-refractivity contribution is 5.69. The van der Waals surface area contributed by atoms with Crippen LogP contribution in [0.5, 0.6) is 0 Å². The molecule has 0 bridgehead atoms. The Morgan fingerprint density at radius 2 is 2.05 bits per heavy atom. The number of carbonyl (C=O) groups is 1. The Morgan fingerprint density at radius 3 is 2.52 bits per heavy atom. The highest BCUT2D eigenvalue weighted by Crippen LogP contribution is 2.27. The van der Waals surface area contributed by atoms with E-state index in [0.717, 1.165) is 18.1 Å². The molecule has 1 aliphatic rings. The zero-order valence-electron chi connectivity index (χ0n) is 13.9. The van der Waals surface area contributed by atoms with Gasteiger partial charge in [-0.3, -0.25) is 5.10 Å². The van der Waals surface area contributed by atoms with Crippen LogP contribution in [0, 0.1) is 6.92 Å². The average Bonchev–Trinajstić information content (AvgIpc) is 2.71. The van der Waals surface area contributed by atoms with Gasteiger partial charge in [-0.25, -0.2) is 4.79 Å². The van der Waals surface area contributed by atoms with E-state index in [9.17, 15) is 4.79 Å². The number of hydrogen-bond acceptors (Lipinski definition) is 4. The average molecular weight is 294 g/mol. The van der Waals surface area contributed by atoms with Crippen LogP contribution in [0.4, 0.5) is 10.6 Å². The van der Waals surface area contributed by atoms with Gasteiger partial charge in [0, 0.05) is 31.4 Å².